The minimum Gasteiger partial charge on any atom is -0.241 e. The highest BCUT2D eigenvalue weighted by Crippen LogP contribution is 2.27. The predicted octanol–water partition coefficient (Wildman–Crippen LogP) is 5.06. The second-order valence-corrected chi connectivity index (χ2v) is 9.93. The summed E-state index contributed by atoms with van der Waals surface area (Å²) in [7, 11) is -2.94. The molecule has 0 saturated carbocycles. The van der Waals surface area contributed by atoms with Crippen LogP contribution in [0.5, 0.6) is 0 Å². The molecule has 2 rings (SSSR count). The van der Waals surface area contributed by atoms with Crippen molar-refractivity contribution in [1.29, 1.82) is 0 Å². The minimum absolute atomic E-state index is 0.0714. The van der Waals surface area contributed by atoms with E-state index < -0.39 is 14.8 Å². The molecule has 0 amide bonds. The molecule has 136 valence electrons. The Kier molecular flexibility index (Phi) is 6.35. The van der Waals surface area contributed by atoms with Gasteiger partial charge in [0, 0.05) is 17.7 Å². The fraction of sp³-hybridized carbons (Fsp3) is 0.400. The summed E-state index contributed by atoms with van der Waals surface area (Å²) >= 11 is 5.35. The second-order valence-electron chi connectivity index (χ2n) is 6.81. The Morgan fingerprint density at radius 1 is 1.08 bits per heavy atom. The van der Waals surface area contributed by atoms with Crippen molar-refractivity contribution in [3.8, 4) is 0 Å². The first-order valence-electron chi connectivity index (χ1n) is 8.44. The molecule has 0 radical (unpaired) electrons. The normalized spacial score (nSPS) is 15.2. The average molecular weight is 380 g/mol. The number of nitrogens with one attached hydrogen (secondary N) is 1. The number of hydrogen-bond acceptors (Lipinski definition) is 2. The molecule has 25 heavy (non-hydrogen) atoms. The van der Waals surface area contributed by atoms with E-state index in [9.17, 15) is 8.60 Å². The van der Waals surface area contributed by atoms with Gasteiger partial charge in [-0.25, -0.2) is 13.3 Å². The number of rotatable bonds is 6. The third-order valence-corrected chi connectivity index (χ3v) is 6.98. The largest absolute Gasteiger partial charge is 0.241 e. The summed E-state index contributed by atoms with van der Waals surface area (Å²) in [5.41, 5.74) is 4.45. The van der Waals surface area contributed by atoms with Gasteiger partial charge in [0.2, 0.25) is 0 Å². The summed E-state index contributed by atoms with van der Waals surface area (Å²) < 4.78 is 30.4. The van der Waals surface area contributed by atoms with E-state index in [4.69, 9.17) is 11.2 Å². The molecular formula is C20H26FNOS2. The third kappa shape index (κ3) is 4.66. The van der Waals surface area contributed by atoms with Gasteiger partial charge < -0.3 is 0 Å². The van der Waals surface area contributed by atoms with Crippen LogP contribution >= 0.6 is 0 Å². The van der Waals surface area contributed by atoms with Gasteiger partial charge >= 0.3 is 0 Å². The van der Waals surface area contributed by atoms with Crippen molar-refractivity contribution in [2.24, 2.45) is 0 Å². The van der Waals surface area contributed by atoms with E-state index in [1.165, 1.54) is 5.56 Å². The van der Waals surface area contributed by atoms with E-state index in [1.807, 2.05) is 45.0 Å². The van der Waals surface area contributed by atoms with Gasteiger partial charge in [-0.1, -0.05) is 50.2 Å². The number of alkyl halides is 1. The summed E-state index contributed by atoms with van der Waals surface area (Å²) in [6, 6.07) is 11.3. The molecule has 2 nitrogen and oxygen atoms in total. The quantitative estimate of drug-likeness (QED) is 0.760. The maximum absolute atomic E-state index is 14.6. The lowest BCUT2D eigenvalue weighted by Gasteiger charge is -2.19. The highest BCUT2D eigenvalue weighted by Gasteiger charge is 2.20. The van der Waals surface area contributed by atoms with Gasteiger partial charge in [0.25, 0.3) is 0 Å². The van der Waals surface area contributed by atoms with Gasteiger partial charge in [0.15, 0.2) is 0 Å². The molecule has 0 aliphatic rings. The molecule has 0 heterocycles. The lowest BCUT2D eigenvalue weighted by Crippen LogP contribution is -2.28. The molecule has 0 saturated heterocycles. The van der Waals surface area contributed by atoms with Crippen LogP contribution in [-0.4, -0.2) is 10.8 Å². The minimum atomic E-state index is -2.94. The van der Waals surface area contributed by atoms with Crippen LogP contribution in [0.4, 0.5) is 4.39 Å². The molecule has 0 bridgehead atoms. The standard InChI is InChI=1S/C20H26FNOS2/c1-13(2)17-10-15(4)20(16(5)11-17)25(23,24)22-12-19(21)18-9-7-6-8-14(18)3/h6-11,13,19,22H,12H2,1-5H3. The summed E-state index contributed by atoms with van der Waals surface area (Å²) in [5.74, 6) is 0.386. The lowest BCUT2D eigenvalue weighted by atomic mass is 9.99. The van der Waals surface area contributed by atoms with E-state index in [0.29, 0.717) is 16.4 Å². The number of hydrogen-bond donors (Lipinski definition) is 1. The number of benzene rings is 2. The summed E-state index contributed by atoms with van der Waals surface area (Å²) in [4.78, 5) is 0.615. The first-order valence-corrected chi connectivity index (χ1v) is 10.9. The highest BCUT2D eigenvalue weighted by atomic mass is 32.8. The molecule has 2 atom stereocenters. The Hall–Kier alpha value is -1.30. The molecular weight excluding hydrogens is 353 g/mol. The van der Waals surface area contributed by atoms with Crippen LogP contribution in [0.1, 0.15) is 53.8 Å². The van der Waals surface area contributed by atoms with Crippen molar-refractivity contribution in [3.63, 3.8) is 0 Å². The van der Waals surface area contributed by atoms with Gasteiger partial charge in [-0.3, -0.25) is 0 Å². The van der Waals surface area contributed by atoms with E-state index >= 15 is 0 Å². The number of aryl methyl sites for hydroxylation is 3. The lowest BCUT2D eigenvalue weighted by molar-refractivity contribution is 0.343. The monoisotopic (exact) mass is 379 g/mol. The Balaban J connectivity index is 2.24. The van der Waals surface area contributed by atoms with Gasteiger partial charge in [-0.2, -0.15) is 0 Å². The average Bonchev–Trinajstić information content (AvgIpc) is 2.52. The molecule has 5 heteroatoms. The number of halogens is 1. The molecule has 2 unspecified atom stereocenters. The molecule has 0 aromatic heterocycles. The molecule has 2 aromatic rings. The first-order chi connectivity index (χ1) is 11.6. The topological polar surface area (TPSA) is 29.1 Å². The van der Waals surface area contributed by atoms with Gasteiger partial charge in [-0.15, -0.1) is 0 Å². The summed E-state index contributed by atoms with van der Waals surface area (Å²) in [6.45, 7) is 9.86. The van der Waals surface area contributed by atoms with E-state index in [0.717, 1.165) is 16.7 Å². The van der Waals surface area contributed by atoms with Crippen LogP contribution in [0.2, 0.25) is 0 Å². The molecule has 0 spiro atoms. The van der Waals surface area contributed by atoms with Gasteiger partial charge in [-0.05, 0) is 54.5 Å². The SMILES string of the molecule is Cc1ccccc1C(F)CNS(=O)(=S)c1c(C)cc(C(C)C)cc1C. The van der Waals surface area contributed by atoms with Crippen molar-refractivity contribution >= 4 is 19.9 Å². The van der Waals surface area contributed by atoms with Crippen LogP contribution < -0.4 is 4.72 Å². The predicted molar refractivity (Wildman–Crippen MR) is 107 cm³/mol. The molecule has 2 aromatic carbocycles. The zero-order valence-corrected chi connectivity index (χ0v) is 17.1. The van der Waals surface area contributed by atoms with E-state index in [2.05, 4.69) is 18.6 Å². The fourth-order valence-electron chi connectivity index (χ4n) is 3.04. The maximum Gasteiger partial charge on any atom is 0.139 e. The smallest absolute Gasteiger partial charge is 0.139 e. The van der Waals surface area contributed by atoms with Crippen LogP contribution in [0.25, 0.3) is 0 Å². The summed E-state index contributed by atoms with van der Waals surface area (Å²) in [6.07, 6.45) is -1.25. The van der Waals surface area contributed by atoms with Crippen LogP contribution in [0.3, 0.4) is 0 Å². The van der Waals surface area contributed by atoms with Crippen LogP contribution in [-0.2, 0) is 19.9 Å². The van der Waals surface area contributed by atoms with Crippen LogP contribution in [0, 0.1) is 20.8 Å². The molecule has 0 aliphatic heterocycles. The summed E-state index contributed by atoms with van der Waals surface area (Å²) in [5, 5.41) is 0. The zero-order chi connectivity index (χ0) is 18.8. The maximum atomic E-state index is 14.6. The van der Waals surface area contributed by atoms with Crippen molar-refractivity contribution < 1.29 is 8.60 Å². The van der Waals surface area contributed by atoms with Crippen molar-refractivity contribution in [3.05, 3.63) is 64.2 Å². The first kappa shape index (κ1) is 20.0. The zero-order valence-electron chi connectivity index (χ0n) is 15.4. The Morgan fingerprint density at radius 2 is 1.64 bits per heavy atom. The molecule has 0 fully saturated rings. The fourth-order valence-corrected chi connectivity index (χ4v) is 5.51. The van der Waals surface area contributed by atoms with E-state index in [-0.39, 0.29) is 6.54 Å². The van der Waals surface area contributed by atoms with Gasteiger partial charge in [0.05, 0.1) is 4.90 Å². The second kappa shape index (κ2) is 7.94. The van der Waals surface area contributed by atoms with Gasteiger partial charge in [0.1, 0.15) is 14.8 Å². The van der Waals surface area contributed by atoms with E-state index in [1.54, 1.807) is 12.1 Å². The van der Waals surface area contributed by atoms with Crippen molar-refractivity contribution in [1.82, 2.24) is 4.72 Å². The van der Waals surface area contributed by atoms with Crippen molar-refractivity contribution in [2.75, 3.05) is 6.54 Å². The van der Waals surface area contributed by atoms with Crippen molar-refractivity contribution in [2.45, 2.75) is 51.6 Å². The molecule has 0 aliphatic carbocycles. The Labute approximate surface area is 155 Å². The third-order valence-electron chi connectivity index (χ3n) is 4.40. The van der Waals surface area contributed by atoms with Crippen LogP contribution in [0.15, 0.2) is 41.3 Å². The molecule has 1 N–H and O–H groups in total. The Morgan fingerprint density at radius 3 is 2.16 bits per heavy atom. The highest BCUT2D eigenvalue weighted by molar-refractivity contribution is 8.31. The Bertz CT molecular complexity index is 837.